The monoisotopic (exact) mass is 414 g/mol. The number of anilines is 1. The van der Waals surface area contributed by atoms with Crippen LogP contribution in [0.2, 0.25) is 0 Å². The molecule has 1 aromatic heterocycles. The quantitative estimate of drug-likeness (QED) is 0.497. The molecule has 0 saturated carbocycles. The summed E-state index contributed by atoms with van der Waals surface area (Å²) >= 11 is 1.82. The molecule has 0 aliphatic carbocycles. The van der Waals surface area contributed by atoms with Gasteiger partial charge in [-0.2, -0.15) is 0 Å². The summed E-state index contributed by atoms with van der Waals surface area (Å²) < 4.78 is 5.72. The minimum atomic E-state index is 0.243. The van der Waals surface area contributed by atoms with Crippen LogP contribution in [0.15, 0.2) is 46.8 Å². The summed E-state index contributed by atoms with van der Waals surface area (Å²) in [6.45, 7) is 10.6. The first-order chi connectivity index (χ1) is 14.1. The Balaban J connectivity index is 1.53. The Labute approximate surface area is 179 Å². The molecule has 158 valence electrons. The van der Waals surface area contributed by atoms with Crippen LogP contribution in [0.25, 0.3) is 0 Å². The molecule has 2 N–H and O–H groups in total. The summed E-state index contributed by atoms with van der Waals surface area (Å²) in [7, 11) is 0. The maximum absolute atomic E-state index is 5.72. The van der Waals surface area contributed by atoms with E-state index in [1.54, 1.807) is 0 Å². The summed E-state index contributed by atoms with van der Waals surface area (Å²) in [6.07, 6.45) is 2.50. The van der Waals surface area contributed by atoms with Gasteiger partial charge in [-0.05, 0) is 62.3 Å². The molecule has 6 heteroatoms. The van der Waals surface area contributed by atoms with Gasteiger partial charge in [-0.25, -0.2) is 4.99 Å². The molecule has 0 bridgehead atoms. The first kappa shape index (κ1) is 21.7. The van der Waals surface area contributed by atoms with Crippen molar-refractivity contribution in [3.05, 3.63) is 52.9 Å². The number of nitrogens with zero attached hydrogens (tertiary/aromatic N) is 2. The van der Waals surface area contributed by atoms with Gasteiger partial charge >= 0.3 is 0 Å². The fourth-order valence-corrected chi connectivity index (χ4v) is 4.24. The number of ether oxygens (including phenoxy) is 1. The Bertz CT molecular complexity index is 752. The summed E-state index contributed by atoms with van der Waals surface area (Å²) in [6, 6.07) is 13.3. The first-order valence-corrected chi connectivity index (χ1v) is 11.5. The van der Waals surface area contributed by atoms with Crippen LogP contribution in [0.1, 0.15) is 44.7 Å². The Morgan fingerprint density at radius 1 is 1.21 bits per heavy atom. The zero-order chi connectivity index (χ0) is 20.5. The van der Waals surface area contributed by atoms with E-state index in [1.807, 2.05) is 11.3 Å². The number of aliphatic imine (C=N–C) groups is 1. The molecule has 2 heterocycles. The lowest BCUT2D eigenvalue weighted by atomic mass is 10.1. The van der Waals surface area contributed by atoms with E-state index >= 15 is 0 Å². The zero-order valence-corrected chi connectivity index (χ0v) is 18.7. The van der Waals surface area contributed by atoms with Gasteiger partial charge in [0.2, 0.25) is 0 Å². The lowest BCUT2D eigenvalue weighted by molar-refractivity contribution is 0.0657. The molecule has 5 nitrogen and oxygen atoms in total. The number of piperidine rings is 1. The standard InChI is InChI=1S/C23H34N4OS/c1-4-24-23(25-16-19-7-5-8-20(15-19)17-28-18(2)3)26-21-10-12-27(13-11-21)22-9-6-14-29-22/h5-9,14-15,18,21H,4,10-13,16-17H2,1-3H3,(H2,24,25,26). The predicted octanol–water partition coefficient (Wildman–Crippen LogP) is 4.40. The number of hydrogen-bond donors (Lipinski definition) is 2. The molecule has 2 aromatic rings. The average Bonchev–Trinajstić information content (AvgIpc) is 3.26. The van der Waals surface area contributed by atoms with Gasteiger partial charge in [-0.1, -0.05) is 24.3 Å². The van der Waals surface area contributed by atoms with Crippen molar-refractivity contribution in [2.24, 2.45) is 4.99 Å². The van der Waals surface area contributed by atoms with Gasteiger partial charge in [0.25, 0.3) is 0 Å². The van der Waals surface area contributed by atoms with Crippen LogP contribution in [0, 0.1) is 0 Å². The van der Waals surface area contributed by atoms with Crippen LogP contribution >= 0.6 is 11.3 Å². The van der Waals surface area contributed by atoms with Crippen molar-refractivity contribution in [1.82, 2.24) is 10.6 Å². The number of nitrogens with one attached hydrogen (secondary N) is 2. The second-order valence-electron chi connectivity index (χ2n) is 7.73. The van der Waals surface area contributed by atoms with Gasteiger partial charge in [0.15, 0.2) is 5.96 Å². The fourth-order valence-electron chi connectivity index (χ4n) is 3.46. The minimum absolute atomic E-state index is 0.243. The molecule has 0 radical (unpaired) electrons. The van der Waals surface area contributed by atoms with Crippen molar-refractivity contribution in [3.8, 4) is 0 Å². The van der Waals surface area contributed by atoms with Crippen molar-refractivity contribution >= 4 is 22.3 Å². The normalized spacial score (nSPS) is 15.7. The van der Waals surface area contributed by atoms with Crippen LogP contribution in [0.5, 0.6) is 0 Å². The molecular formula is C23H34N4OS. The minimum Gasteiger partial charge on any atom is -0.374 e. The third-order valence-electron chi connectivity index (χ3n) is 4.99. The third kappa shape index (κ3) is 7.05. The lowest BCUT2D eigenvalue weighted by Gasteiger charge is -2.33. The van der Waals surface area contributed by atoms with Gasteiger partial charge in [-0.15, -0.1) is 11.3 Å². The average molecular weight is 415 g/mol. The number of rotatable bonds is 8. The Kier molecular flexibility index (Phi) is 8.38. The van der Waals surface area contributed by atoms with Crippen LogP contribution in [0.4, 0.5) is 5.00 Å². The second kappa shape index (κ2) is 11.2. The molecule has 0 spiro atoms. The maximum Gasteiger partial charge on any atom is 0.191 e. The molecule has 29 heavy (non-hydrogen) atoms. The predicted molar refractivity (Wildman–Crippen MR) is 124 cm³/mol. The van der Waals surface area contributed by atoms with Crippen LogP contribution < -0.4 is 15.5 Å². The summed E-state index contributed by atoms with van der Waals surface area (Å²) in [5.41, 5.74) is 2.41. The van der Waals surface area contributed by atoms with Crippen molar-refractivity contribution < 1.29 is 4.74 Å². The summed E-state index contributed by atoms with van der Waals surface area (Å²) in [4.78, 5) is 7.31. The highest BCUT2D eigenvalue weighted by Gasteiger charge is 2.20. The Hall–Kier alpha value is -2.05. The van der Waals surface area contributed by atoms with Crippen LogP contribution in [-0.2, 0) is 17.9 Å². The first-order valence-electron chi connectivity index (χ1n) is 10.7. The third-order valence-corrected chi connectivity index (χ3v) is 5.92. The van der Waals surface area contributed by atoms with Gasteiger partial charge in [0.05, 0.1) is 24.3 Å². The van der Waals surface area contributed by atoms with Crippen LogP contribution in [0.3, 0.4) is 0 Å². The number of hydrogen-bond acceptors (Lipinski definition) is 4. The van der Waals surface area contributed by atoms with E-state index in [2.05, 4.69) is 78.1 Å². The summed E-state index contributed by atoms with van der Waals surface area (Å²) in [5.74, 6) is 0.908. The fraction of sp³-hybridized carbons (Fsp3) is 0.522. The molecule has 0 atom stereocenters. The van der Waals surface area contributed by atoms with Crippen LogP contribution in [-0.4, -0.2) is 37.7 Å². The van der Waals surface area contributed by atoms with Crippen molar-refractivity contribution in [2.45, 2.75) is 58.9 Å². The Morgan fingerprint density at radius 2 is 2.00 bits per heavy atom. The molecule has 3 rings (SSSR count). The molecular weight excluding hydrogens is 380 g/mol. The van der Waals surface area contributed by atoms with Crippen molar-refractivity contribution in [3.63, 3.8) is 0 Å². The molecule has 0 amide bonds. The van der Waals surface area contributed by atoms with E-state index in [0.29, 0.717) is 19.2 Å². The van der Waals surface area contributed by atoms with E-state index < -0.39 is 0 Å². The second-order valence-corrected chi connectivity index (χ2v) is 8.66. The number of thiophene rings is 1. The molecule has 1 saturated heterocycles. The van der Waals surface area contributed by atoms with Gasteiger partial charge < -0.3 is 20.3 Å². The summed E-state index contributed by atoms with van der Waals surface area (Å²) in [5, 5.41) is 10.6. The highest BCUT2D eigenvalue weighted by atomic mass is 32.1. The highest BCUT2D eigenvalue weighted by molar-refractivity contribution is 7.14. The molecule has 1 aliphatic heterocycles. The van der Waals surface area contributed by atoms with Crippen molar-refractivity contribution in [2.75, 3.05) is 24.5 Å². The molecule has 0 unspecified atom stereocenters. The Morgan fingerprint density at radius 3 is 2.69 bits per heavy atom. The molecule has 1 aromatic carbocycles. The zero-order valence-electron chi connectivity index (χ0n) is 17.9. The van der Waals surface area contributed by atoms with E-state index in [1.165, 1.54) is 16.1 Å². The topological polar surface area (TPSA) is 48.9 Å². The molecule has 1 aliphatic rings. The van der Waals surface area contributed by atoms with Gasteiger partial charge in [0, 0.05) is 25.7 Å². The SMILES string of the molecule is CCNC(=NCc1cccc(COC(C)C)c1)NC1CCN(c2cccs2)CC1. The molecule has 1 fully saturated rings. The number of guanidine groups is 1. The maximum atomic E-state index is 5.72. The highest BCUT2D eigenvalue weighted by Crippen LogP contribution is 2.24. The van der Waals surface area contributed by atoms with Gasteiger partial charge in [-0.3, -0.25) is 0 Å². The largest absolute Gasteiger partial charge is 0.374 e. The van der Waals surface area contributed by atoms with Crippen molar-refractivity contribution in [1.29, 1.82) is 0 Å². The van der Waals surface area contributed by atoms with E-state index in [0.717, 1.165) is 38.4 Å². The smallest absolute Gasteiger partial charge is 0.191 e. The van der Waals surface area contributed by atoms with Gasteiger partial charge in [0.1, 0.15) is 0 Å². The van der Waals surface area contributed by atoms with E-state index in [9.17, 15) is 0 Å². The number of benzene rings is 1. The van der Waals surface area contributed by atoms with E-state index in [-0.39, 0.29) is 6.10 Å². The lowest BCUT2D eigenvalue weighted by Crippen LogP contribution is -2.48. The van der Waals surface area contributed by atoms with E-state index in [4.69, 9.17) is 9.73 Å².